The Morgan fingerprint density at radius 3 is 1.71 bits per heavy atom. The van der Waals surface area contributed by atoms with Gasteiger partial charge in [-0.2, -0.15) is 0 Å². The molecule has 2 aromatic carbocycles. The smallest absolute Gasteiger partial charge is 0.167 e. The highest BCUT2D eigenvalue weighted by Gasteiger charge is 2.11. The Labute approximate surface area is 130 Å². The summed E-state index contributed by atoms with van der Waals surface area (Å²) in [5.74, 6) is 1.46. The van der Waals surface area contributed by atoms with Crippen LogP contribution in [-0.2, 0) is 10.9 Å². The first-order valence-corrected chi connectivity index (χ1v) is 7.09. The van der Waals surface area contributed by atoms with Crippen molar-refractivity contribution >= 4 is 11.9 Å². The number of hydrogen-bond donors (Lipinski definition) is 0. The van der Waals surface area contributed by atoms with Gasteiger partial charge >= 0.3 is 0 Å². The molecule has 0 spiro atoms. The molecule has 112 valence electrons. The summed E-state index contributed by atoms with van der Waals surface area (Å²) in [7, 11) is 0. The minimum absolute atomic E-state index is 0.179. The SMILES string of the molecule is CC(C)(C)Oc1ccc(Cc2ccc(OOCl)cc2)cc1. The van der Waals surface area contributed by atoms with Gasteiger partial charge in [0.05, 0.1) is 0 Å². The van der Waals surface area contributed by atoms with E-state index in [-0.39, 0.29) is 5.60 Å². The minimum Gasteiger partial charge on any atom is -0.488 e. The fraction of sp³-hybridized carbons (Fsp3) is 0.294. The summed E-state index contributed by atoms with van der Waals surface area (Å²) in [6.07, 6.45) is 0.845. The van der Waals surface area contributed by atoms with Gasteiger partial charge in [0.2, 0.25) is 0 Å². The molecular weight excluding hydrogens is 288 g/mol. The van der Waals surface area contributed by atoms with Crippen molar-refractivity contribution in [1.29, 1.82) is 0 Å². The van der Waals surface area contributed by atoms with Crippen LogP contribution >= 0.6 is 11.9 Å². The molecule has 2 rings (SSSR count). The minimum atomic E-state index is -0.179. The second-order valence-electron chi connectivity index (χ2n) is 5.83. The van der Waals surface area contributed by atoms with Crippen LogP contribution in [0.5, 0.6) is 11.5 Å². The molecular formula is C17H19ClO3. The number of rotatable bonds is 5. The van der Waals surface area contributed by atoms with Gasteiger partial charge in [0, 0.05) is 0 Å². The molecule has 0 aliphatic rings. The molecule has 3 nitrogen and oxygen atoms in total. The molecule has 0 atom stereocenters. The third kappa shape index (κ3) is 5.29. The predicted molar refractivity (Wildman–Crippen MR) is 83.6 cm³/mol. The Morgan fingerprint density at radius 2 is 1.29 bits per heavy atom. The maximum absolute atomic E-state index is 5.81. The van der Waals surface area contributed by atoms with Crippen molar-refractivity contribution < 1.29 is 14.1 Å². The van der Waals surface area contributed by atoms with Crippen LogP contribution in [0.4, 0.5) is 0 Å². The van der Waals surface area contributed by atoms with Crippen molar-refractivity contribution in [3.05, 3.63) is 59.7 Å². The molecule has 0 unspecified atom stereocenters. The van der Waals surface area contributed by atoms with Crippen molar-refractivity contribution in [3.8, 4) is 11.5 Å². The summed E-state index contributed by atoms with van der Waals surface area (Å²) in [6.45, 7) is 6.11. The lowest BCUT2D eigenvalue weighted by atomic mass is 10.0. The van der Waals surface area contributed by atoms with Crippen LogP contribution in [0.15, 0.2) is 48.5 Å². The normalized spacial score (nSPS) is 11.2. The standard InChI is InChI=1S/C17H19ClO3/c1-17(2,3)19-15-8-4-13(5-9-15)12-14-6-10-16(11-7-14)20-21-18/h4-11H,12H2,1-3H3. The van der Waals surface area contributed by atoms with Gasteiger partial charge in [0.1, 0.15) is 23.2 Å². The molecule has 0 radical (unpaired) electrons. The van der Waals surface area contributed by atoms with Crippen LogP contribution in [0, 0.1) is 0 Å². The van der Waals surface area contributed by atoms with E-state index in [1.165, 1.54) is 11.1 Å². The number of benzene rings is 2. The molecule has 0 amide bonds. The van der Waals surface area contributed by atoms with Crippen molar-refractivity contribution in [1.82, 2.24) is 0 Å². The van der Waals surface area contributed by atoms with Crippen LogP contribution in [0.3, 0.4) is 0 Å². The van der Waals surface area contributed by atoms with Gasteiger partial charge in [-0.1, -0.05) is 28.7 Å². The van der Waals surface area contributed by atoms with Crippen molar-refractivity contribution in [2.75, 3.05) is 0 Å². The maximum atomic E-state index is 5.81. The molecule has 0 heterocycles. The Bertz CT molecular complexity index is 556. The average molecular weight is 307 g/mol. The van der Waals surface area contributed by atoms with Crippen molar-refractivity contribution in [2.45, 2.75) is 32.8 Å². The van der Waals surface area contributed by atoms with Gasteiger partial charge < -0.3 is 9.62 Å². The summed E-state index contributed by atoms with van der Waals surface area (Å²) in [5, 5.41) is 0. The molecule has 0 fully saturated rings. The van der Waals surface area contributed by atoms with Crippen LogP contribution in [0.2, 0.25) is 0 Å². The van der Waals surface area contributed by atoms with Crippen LogP contribution in [0.25, 0.3) is 0 Å². The Balaban J connectivity index is 1.99. The Morgan fingerprint density at radius 1 is 0.810 bits per heavy atom. The molecule has 0 saturated heterocycles. The van der Waals surface area contributed by atoms with Crippen LogP contribution < -0.4 is 9.62 Å². The first kappa shape index (κ1) is 15.7. The van der Waals surface area contributed by atoms with Gasteiger partial charge in [0.15, 0.2) is 5.75 Å². The monoisotopic (exact) mass is 306 g/mol. The highest BCUT2D eigenvalue weighted by Crippen LogP contribution is 2.20. The fourth-order valence-electron chi connectivity index (χ4n) is 1.96. The largest absolute Gasteiger partial charge is 0.488 e. The lowest BCUT2D eigenvalue weighted by molar-refractivity contribution is -0.0918. The van der Waals surface area contributed by atoms with E-state index in [9.17, 15) is 0 Å². The first-order valence-electron chi connectivity index (χ1n) is 6.78. The lowest BCUT2D eigenvalue weighted by Crippen LogP contribution is -2.22. The molecule has 0 aliphatic carbocycles. The molecule has 4 heteroatoms. The third-order valence-electron chi connectivity index (χ3n) is 2.81. The zero-order valence-electron chi connectivity index (χ0n) is 12.4. The molecule has 21 heavy (non-hydrogen) atoms. The van der Waals surface area contributed by atoms with E-state index in [1.807, 2.05) is 57.2 Å². The Hall–Kier alpha value is -1.71. The van der Waals surface area contributed by atoms with E-state index in [0.717, 1.165) is 12.2 Å². The second-order valence-corrected chi connectivity index (χ2v) is 5.95. The number of halogens is 1. The van der Waals surface area contributed by atoms with E-state index in [2.05, 4.69) is 16.6 Å². The quantitative estimate of drug-likeness (QED) is 0.579. The fourth-order valence-corrected chi connectivity index (χ4v) is 2.04. The summed E-state index contributed by atoms with van der Waals surface area (Å²) < 4.78 is 9.90. The van der Waals surface area contributed by atoms with E-state index < -0.39 is 0 Å². The summed E-state index contributed by atoms with van der Waals surface area (Å²) in [4.78, 5) is 4.72. The first-order chi connectivity index (χ1) is 9.96. The van der Waals surface area contributed by atoms with Gasteiger partial charge in [-0.05, 0) is 62.6 Å². The zero-order valence-corrected chi connectivity index (χ0v) is 13.2. The topological polar surface area (TPSA) is 27.7 Å². The molecule has 2 aromatic rings. The summed E-state index contributed by atoms with van der Waals surface area (Å²) in [5.41, 5.74) is 2.22. The van der Waals surface area contributed by atoms with Crippen molar-refractivity contribution in [3.63, 3.8) is 0 Å². The summed E-state index contributed by atoms with van der Waals surface area (Å²) in [6, 6.07) is 15.7. The van der Waals surface area contributed by atoms with Gasteiger partial charge in [-0.3, -0.25) is 0 Å². The molecule has 0 saturated carbocycles. The second kappa shape index (κ2) is 6.83. The lowest BCUT2D eigenvalue weighted by Gasteiger charge is -2.21. The third-order valence-corrected chi connectivity index (χ3v) is 2.87. The van der Waals surface area contributed by atoms with Crippen LogP contribution in [-0.4, -0.2) is 5.60 Å². The van der Waals surface area contributed by atoms with Gasteiger partial charge in [-0.25, -0.2) is 0 Å². The van der Waals surface area contributed by atoms with Crippen LogP contribution in [0.1, 0.15) is 31.9 Å². The molecule has 0 N–H and O–H groups in total. The zero-order chi connectivity index (χ0) is 15.3. The van der Waals surface area contributed by atoms with E-state index >= 15 is 0 Å². The number of ether oxygens (including phenoxy) is 1. The maximum Gasteiger partial charge on any atom is 0.167 e. The predicted octanol–water partition coefficient (Wildman–Crippen LogP) is 4.92. The van der Waals surface area contributed by atoms with E-state index in [0.29, 0.717) is 5.75 Å². The molecule has 0 aliphatic heterocycles. The Kier molecular flexibility index (Phi) is 5.10. The number of hydrogen-bond acceptors (Lipinski definition) is 3. The highest BCUT2D eigenvalue weighted by molar-refractivity contribution is 6.06. The highest BCUT2D eigenvalue weighted by atomic mass is 35.5. The summed E-state index contributed by atoms with van der Waals surface area (Å²) >= 11 is 5.03. The van der Waals surface area contributed by atoms with Gasteiger partial charge in [0.25, 0.3) is 0 Å². The average Bonchev–Trinajstić information content (AvgIpc) is 2.42. The molecule has 0 bridgehead atoms. The van der Waals surface area contributed by atoms with Gasteiger partial charge in [-0.15, -0.1) is 0 Å². The van der Waals surface area contributed by atoms with E-state index in [1.54, 1.807) is 0 Å². The van der Waals surface area contributed by atoms with E-state index in [4.69, 9.17) is 21.5 Å². The van der Waals surface area contributed by atoms with Crippen molar-refractivity contribution in [2.24, 2.45) is 0 Å². The molecule has 0 aromatic heterocycles.